The molecule has 9 heteroatoms. The standard InChI is InChI=1S/C19H21N7O2/c1-13-11-14(24-17-15(28-2)5-3-6-21-17)12-25(13)19(27)16-18(22-9-8-20-16)26-10-4-7-23-26/h3-10,13-14H,11-12H2,1-2H3,(H,21,24)/t13-,14-/m1/s1. The maximum absolute atomic E-state index is 13.2. The van der Waals surface area contributed by atoms with Crippen LogP contribution in [0.2, 0.25) is 0 Å². The van der Waals surface area contributed by atoms with Crippen LogP contribution in [-0.2, 0) is 0 Å². The maximum atomic E-state index is 13.2. The minimum Gasteiger partial charge on any atom is -0.493 e. The quantitative estimate of drug-likeness (QED) is 0.721. The summed E-state index contributed by atoms with van der Waals surface area (Å²) in [7, 11) is 1.61. The van der Waals surface area contributed by atoms with E-state index in [2.05, 4.69) is 25.4 Å². The summed E-state index contributed by atoms with van der Waals surface area (Å²) in [5.74, 6) is 1.61. The molecule has 28 heavy (non-hydrogen) atoms. The Bertz CT molecular complexity index is 960. The van der Waals surface area contributed by atoms with Crippen LogP contribution in [0.3, 0.4) is 0 Å². The van der Waals surface area contributed by atoms with E-state index >= 15 is 0 Å². The van der Waals surface area contributed by atoms with E-state index in [9.17, 15) is 4.79 Å². The predicted molar refractivity (Wildman–Crippen MR) is 102 cm³/mol. The Labute approximate surface area is 162 Å². The van der Waals surface area contributed by atoms with E-state index in [1.807, 2.05) is 24.0 Å². The highest BCUT2D eigenvalue weighted by Gasteiger charge is 2.35. The van der Waals surface area contributed by atoms with Gasteiger partial charge in [-0.3, -0.25) is 4.79 Å². The Morgan fingerprint density at radius 3 is 2.82 bits per heavy atom. The summed E-state index contributed by atoms with van der Waals surface area (Å²) in [5, 5.41) is 7.56. The number of hydrogen-bond donors (Lipinski definition) is 1. The van der Waals surface area contributed by atoms with Crippen LogP contribution in [0.25, 0.3) is 5.82 Å². The third-order valence-electron chi connectivity index (χ3n) is 4.77. The Kier molecular flexibility index (Phi) is 4.88. The molecule has 0 spiro atoms. The van der Waals surface area contributed by atoms with Crippen molar-refractivity contribution in [1.82, 2.24) is 29.6 Å². The number of anilines is 1. The zero-order chi connectivity index (χ0) is 19.5. The molecule has 0 saturated carbocycles. The van der Waals surface area contributed by atoms with Gasteiger partial charge in [0.25, 0.3) is 5.91 Å². The molecular weight excluding hydrogens is 358 g/mol. The number of likely N-dealkylation sites (tertiary alicyclic amines) is 1. The maximum Gasteiger partial charge on any atom is 0.276 e. The lowest BCUT2D eigenvalue weighted by molar-refractivity contribution is 0.0740. The molecule has 2 atom stereocenters. The van der Waals surface area contributed by atoms with Gasteiger partial charge in [-0.2, -0.15) is 5.10 Å². The summed E-state index contributed by atoms with van der Waals surface area (Å²) in [4.78, 5) is 27.9. The molecule has 1 aliphatic rings. The second-order valence-corrected chi connectivity index (χ2v) is 6.62. The largest absolute Gasteiger partial charge is 0.493 e. The number of ether oxygens (including phenoxy) is 1. The molecule has 3 aromatic rings. The van der Waals surface area contributed by atoms with Crippen molar-refractivity contribution in [3.63, 3.8) is 0 Å². The number of carbonyl (C=O) groups is 1. The second kappa shape index (κ2) is 7.63. The number of aromatic nitrogens is 5. The van der Waals surface area contributed by atoms with E-state index in [1.165, 1.54) is 6.20 Å². The number of hydrogen-bond acceptors (Lipinski definition) is 7. The summed E-state index contributed by atoms with van der Waals surface area (Å²) in [6, 6.07) is 5.57. The second-order valence-electron chi connectivity index (χ2n) is 6.62. The first-order chi connectivity index (χ1) is 13.7. The van der Waals surface area contributed by atoms with Crippen LogP contribution in [-0.4, -0.2) is 61.3 Å². The van der Waals surface area contributed by atoms with Crippen molar-refractivity contribution in [3.8, 4) is 11.6 Å². The van der Waals surface area contributed by atoms with Gasteiger partial charge in [-0.25, -0.2) is 19.6 Å². The molecule has 0 radical (unpaired) electrons. The first-order valence-electron chi connectivity index (χ1n) is 9.05. The topological polar surface area (TPSA) is 98.1 Å². The third-order valence-corrected chi connectivity index (χ3v) is 4.77. The molecular formula is C19H21N7O2. The van der Waals surface area contributed by atoms with Crippen LogP contribution in [0.1, 0.15) is 23.8 Å². The van der Waals surface area contributed by atoms with Crippen molar-refractivity contribution >= 4 is 11.7 Å². The summed E-state index contributed by atoms with van der Waals surface area (Å²) in [6.45, 7) is 2.56. The minimum atomic E-state index is -0.164. The highest BCUT2D eigenvalue weighted by atomic mass is 16.5. The average Bonchev–Trinajstić information content (AvgIpc) is 3.38. The Hall–Kier alpha value is -3.49. The fourth-order valence-corrected chi connectivity index (χ4v) is 3.45. The van der Waals surface area contributed by atoms with E-state index < -0.39 is 0 Å². The van der Waals surface area contributed by atoms with Gasteiger partial charge in [0.2, 0.25) is 0 Å². The Balaban J connectivity index is 1.54. The number of amides is 1. The van der Waals surface area contributed by atoms with Gasteiger partial charge in [-0.1, -0.05) is 0 Å². The number of nitrogens with one attached hydrogen (secondary N) is 1. The van der Waals surface area contributed by atoms with Gasteiger partial charge < -0.3 is 15.0 Å². The minimum absolute atomic E-state index is 0.0483. The molecule has 3 aromatic heterocycles. The summed E-state index contributed by atoms with van der Waals surface area (Å²) in [5.41, 5.74) is 0.286. The van der Waals surface area contributed by atoms with Crippen molar-refractivity contribution in [2.24, 2.45) is 0 Å². The summed E-state index contributed by atoms with van der Waals surface area (Å²) >= 11 is 0. The van der Waals surface area contributed by atoms with E-state index in [-0.39, 0.29) is 23.7 Å². The Morgan fingerprint density at radius 1 is 1.18 bits per heavy atom. The molecule has 0 bridgehead atoms. The van der Waals surface area contributed by atoms with Gasteiger partial charge in [0.05, 0.1) is 7.11 Å². The van der Waals surface area contributed by atoms with Crippen molar-refractivity contribution in [2.75, 3.05) is 19.0 Å². The molecule has 1 aliphatic heterocycles. The zero-order valence-electron chi connectivity index (χ0n) is 15.7. The van der Waals surface area contributed by atoms with Crippen LogP contribution in [0.5, 0.6) is 5.75 Å². The molecule has 1 saturated heterocycles. The lowest BCUT2D eigenvalue weighted by Crippen LogP contribution is -2.36. The van der Waals surface area contributed by atoms with Gasteiger partial charge >= 0.3 is 0 Å². The fourth-order valence-electron chi connectivity index (χ4n) is 3.45. The number of carbonyl (C=O) groups excluding carboxylic acids is 1. The molecule has 1 amide bonds. The normalized spacial score (nSPS) is 18.9. The van der Waals surface area contributed by atoms with E-state index in [1.54, 1.807) is 42.6 Å². The van der Waals surface area contributed by atoms with Gasteiger partial charge in [0, 0.05) is 49.6 Å². The highest BCUT2D eigenvalue weighted by molar-refractivity contribution is 5.95. The molecule has 4 heterocycles. The monoisotopic (exact) mass is 379 g/mol. The SMILES string of the molecule is COc1cccnc1N[C@@H]1C[C@@H](C)N(C(=O)c2nccnc2-n2cccn2)C1. The first kappa shape index (κ1) is 17.9. The molecule has 1 N–H and O–H groups in total. The van der Waals surface area contributed by atoms with Crippen LogP contribution in [0, 0.1) is 0 Å². The number of methoxy groups -OCH3 is 1. The third kappa shape index (κ3) is 3.38. The van der Waals surface area contributed by atoms with E-state index in [0.717, 1.165) is 6.42 Å². The van der Waals surface area contributed by atoms with Crippen LogP contribution in [0.4, 0.5) is 5.82 Å². The van der Waals surface area contributed by atoms with Crippen LogP contribution in [0.15, 0.2) is 49.2 Å². The van der Waals surface area contributed by atoms with Crippen LogP contribution >= 0.6 is 0 Å². The van der Waals surface area contributed by atoms with Crippen LogP contribution < -0.4 is 10.1 Å². The average molecular weight is 379 g/mol. The summed E-state index contributed by atoms with van der Waals surface area (Å²) < 4.78 is 6.90. The number of nitrogens with zero attached hydrogens (tertiary/aromatic N) is 6. The molecule has 0 aromatic carbocycles. The lowest BCUT2D eigenvalue weighted by atomic mass is 10.2. The Morgan fingerprint density at radius 2 is 2.04 bits per heavy atom. The highest BCUT2D eigenvalue weighted by Crippen LogP contribution is 2.27. The number of rotatable bonds is 5. The van der Waals surface area contributed by atoms with E-state index in [0.29, 0.717) is 23.9 Å². The van der Waals surface area contributed by atoms with E-state index in [4.69, 9.17) is 4.74 Å². The molecule has 1 fully saturated rings. The lowest BCUT2D eigenvalue weighted by Gasteiger charge is -2.21. The van der Waals surface area contributed by atoms with Gasteiger partial charge in [0.15, 0.2) is 23.1 Å². The summed E-state index contributed by atoms with van der Waals surface area (Å²) in [6.07, 6.45) is 8.97. The molecule has 9 nitrogen and oxygen atoms in total. The fraction of sp³-hybridized carbons (Fsp3) is 0.316. The number of pyridine rings is 1. The van der Waals surface area contributed by atoms with Crippen molar-refractivity contribution in [2.45, 2.75) is 25.4 Å². The molecule has 0 unspecified atom stereocenters. The predicted octanol–water partition coefficient (Wildman–Crippen LogP) is 1.78. The van der Waals surface area contributed by atoms with Gasteiger partial charge in [-0.15, -0.1) is 0 Å². The molecule has 144 valence electrons. The zero-order valence-corrected chi connectivity index (χ0v) is 15.7. The smallest absolute Gasteiger partial charge is 0.276 e. The van der Waals surface area contributed by atoms with Crippen molar-refractivity contribution in [3.05, 3.63) is 54.9 Å². The van der Waals surface area contributed by atoms with Crippen molar-refractivity contribution in [1.29, 1.82) is 0 Å². The van der Waals surface area contributed by atoms with Gasteiger partial charge in [0.1, 0.15) is 0 Å². The first-order valence-corrected chi connectivity index (χ1v) is 9.05. The molecule has 4 rings (SSSR count). The molecule has 0 aliphatic carbocycles. The van der Waals surface area contributed by atoms with Crippen molar-refractivity contribution < 1.29 is 9.53 Å². The van der Waals surface area contributed by atoms with Gasteiger partial charge in [-0.05, 0) is 31.5 Å².